The summed E-state index contributed by atoms with van der Waals surface area (Å²) in [5.41, 5.74) is 0. The highest BCUT2D eigenvalue weighted by Gasteiger charge is 2.21. The maximum absolute atomic E-state index is 11.4. The molecule has 0 unspecified atom stereocenters. The Morgan fingerprint density at radius 3 is 2.65 bits per heavy atom. The number of imide groups is 1. The minimum Gasteiger partial charge on any atom is -0.341 e. The monoisotopic (exact) mass is 242 g/mol. The average molecular weight is 242 g/mol. The maximum atomic E-state index is 11.4. The van der Waals surface area contributed by atoms with Crippen LogP contribution in [-0.2, 0) is 4.79 Å². The van der Waals surface area contributed by atoms with Crippen LogP contribution in [0.3, 0.4) is 0 Å². The Morgan fingerprint density at radius 1 is 1.35 bits per heavy atom. The number of likely N-dealkylation sites (N-methyl/N-ethyl adjacent to an activating group) is 1. The smallest absolute Gasteiger partial charge is 0.321 e. The molecule has 2 N–H and O–H groups in total. The molecule has 0 aromatic carbocycles. The normalized spacial score (nSPS) is 22.2. The van der Waals surface area contributed by atoms with Crippen molar-refractivity contribution in [3.63, 3.8) is 0 Å². The number of hydrogen-bond acceptors (Lipinski definition) is 4. The van der Waals surface area contributed by atoms with Gasteiger partial charge >= 0.3 is 6.03 Å². The van der Waals surface area contributed by atoms with E-state index in [0.29, 0.717) is 19.0 Å². The molecule has 3 amide bonds. The Hall–Kier alpha value is -1.14. The van der Waals surface area contributed by atoms with Crippen molar-refractivity contribution in [2.24, 2.45) is 0 Å². The molecule has 0 spiro atoms. The number of amides is 3. The van der Waals surface area contributed by atoms with Gasteiger partial charge in [0.15, 0.2) is 0 Å². The summed E-state index contributed by atoms with van der Waals surface area (Å²) in [7, 11) is 3.59. The molecule has 0 aliphatic carbocycles. The highest BCUT2D eigenvalue weighted by molar-refractivity contribution is 5.94. The van der Waals surface area contributed by atoms with Gasteiger partial charge in [-0.15, -0.1) is 0 Å². The first-order valence-electron chi connectivity index (χ1n) is 5.97. The van der Waals surface area contributed by atoms with Crippen molar-refractivity contribution in [2.75, 3.05) is 40.3 Å². The Labute approximate surface area is 102 Å². The predicted octanol–water partition coefficient (Wildman–Crippen LogP) is -0.532. The molecule has 0 aromatic heterocycles. The second-order valence-electron chi connectivity index (χ2n) is 4.52. The number of hydrogen-bond donors (Lipinski definition) is 2. The van der Waals surface area contributed by atoms with Gasteiger partial charge in [0.05, 0.1) is 0 Å². The van der Waals surface area contributed by atoms with E-state index in [9.17, 15) is 9.59 Å². The highest BCUT2D eigenvalue weighted by Crippen LogP contribution is 2.07. The fourth-order valence-corrected chi connectivity index (χ4v) is 2.01. The zero-order valence-corrected chi connectivity index (χ0v) is 10.8. The fraction of sp³-hybridized carbons (Fsp3) is 0.818. The molecular formula is C11H22N4O2. The molecule has 1 fully saturated rings. The van der Waals surface area contributed by atoms with Gasteiger partial charge in [-0.3, -0.25) is 15.0 Å². The molecule has 0 saturated carbocycles. The van der Waals surface area contributed by atoms with Crippen LogP contribution < -0.4 is 10.6 Å². The second-order valence-corrected chi connectivity index (χ2v) is 4.52. The zero-order valence-electron chi connectivity index (χ0n) is 10.8. The van der Waals surface area contributed by atoms with Gasteiger partial charge in [0.2, 0.25) is 5.91 Å². The summed E-state index contributed by atoms with van der Waals surface area (Å²) in [6.07, 6.45) is 0.363. The first kappa shape index (κ1) is 13.9. The van der Waals surface area contributed by atoms with E-state index in [1.54, 1.807) is 0 Å². The highest BCUT2D eigenvalue weighted by atomic mass is 16.2. The fourth-order valence-electron chi connectivity index (χ4n) is 2.01. The van der Waals surface area contributed by atoms with Gasteiger partial charge in [0.25, 0.3) is 0 Å². The van der Waals surface area contributed by atoms with Gasteiger partial charge in [-0.1, -0.05) is 0 Å². The number of nitrogens with one attached hydrogen (secondary N) is 2. The summed E-state index contributed by atoms with van der Waals surface area (Å²) in [6, 6.07) is 0.0166. The molecule has 0 aromatic rings. The summed E-state index contributed by atoms with van der Waals surface area (Å²) in [5, 5.41) is 4.62. The van der Waals surface area contributed by atoms with E-state index >= 15 is 0 Å². The molecule has 1 aliphatic rings. The molecule has 17 heavy (non-hydrogen) atoms. The zero-order chi connectivity index (χ0) is 12.8. The Morgan fingerprint density at radius 2 is 2.06 bits per heavy atom. The lowest BCUT2D eigenvalue weighted by Crippen LogP contribution is -2.51. The molecular weight excluding hydrogens is 220 g/mol. The van der Waals surface area contributed by atoms with Crippen LogP contribution in [0.15, 0.2) is 0 Å². The lowest BCUT2D eigenvalue weighted by molar-refractivity contribution is -0.120. The number of rotatable bonds is 3. The molecule has 1 atom stereocenters. The maximum Gasteiger partial charge on any atom is 0.321 e. The molecule has 98 valence electrons. The Balaban J connectivity index is 2.26. The first-order valence-corrected chi connectivity index (χ1v) is 5.97. The third-order valence-corrected chi connectivity index (χ3v) is 3.07. The molecule has 1 saturated heterocycles. The summed E-state index contributed by atoms with van der Waals surface area (Å²) in [4.78, 5) is 26.9. The molecule has 0 bridgehead atoms. The summed E-state index contributed by atoms with van der Waals surface area (Å²) >= 11 is 0. The number of piperazine rings is 1. The third-order valence-electron chi connectivity index (χ3n) is 3.07. The van der Waals surface area contributed by atoms with Crippen molar-refractivity contribution < 1.29 is 9.59 Å². The minimum atomic E-state index is -0.443. The SMILES string of the molecule is CNC(=O)NC(=O)CCN1CCN(C)C[C@@H]1C. The number of carbonyl (C=O) groups is 2. The van der Waals surface area contributed by atoms with Crippen LogP contribution in [0.1, 0.15) is 13.3 Å². The summed E-state index contributed by atoms with van der Waals surface area (Å²) < 4.78 is 0. The van der Waals surface area contributed by atoms with Crippen molar-refractivity contribution >= 4 is 11.9 Å². The van der Waals surface area contributed by atoms with Crippen LogP contribution >= 0.6 is 0 Å². The minimum absolute atomic E-state index is 0.226. The van der Waals surface area contributed by atoms with Crippen molar-refractivity contribution in [1.29, 1.82) is 0 Å². The van der Waals surface area contributed by atoms with Crippen LogP contribution in [-0.4, -0.2) is 68.1 Å². The molecule has 1 rings (SSSR count). The molecule has 6 nitrogen and oxygen atoms in total. The van der Waals surface area contributed by atoms with Crippen molar-refractivity contribution in [1.82, 2.24) is 20.4 Å². The molecule has 1 aliphatic heterocycles. The topological polar surface area (TPSA) is 64.7 Å². The molecule has 0 radical (unpaired) electrons. The number of nitrogens with zero attached hydrogens (tertiary/aromatic N) is 2. The Kier molecular flexibility index (Phi) is 5.37. The third kappa shape index (κ3) is 4.70. The van der Waals surface area contributed by atoms with Crippen molar-refractivity contribution in [3.05, 3.63) is 0 Å². The van der Waals surface area contributed by atoms with Gasteiger partial charge in [0.1, 0.15) is 0 Å². The van der Waals surface area contributed by atoms with E-state index in [2.05, 4.69) is 34.4 Å². The van der Waals surface area contributed by atoms with Crippen LogP contribution in [0.5, 0.6) is 0 Å². The van der Waals surface area contributed by atoms with Gasteiger partial charge < -0.3 is 10.2 Å². The lowest BCUT2D eigenvalue weighted by atomic mass is 10.2. The van der Waals surface area contributed by atoms with Crippen molar-refractivity contribution in [3.8, 4) is 0 Å². The van der Waals surface area contributed by atoms with Gasteiger partial charge in [-0.2, -0.15) is 0 Å². The summed E-state index contributed by atoms with van der Waals surface area (Å²) in [6.45, 7) is 5.90. The van der Waals surface area contributed by atoms with E-state index in [1.165, 1.54) is 7.05 Å². The number of carbonyl (C=O) groups excluding carboxylic acids is 2. The average Bonchev–Trinajstić information content (AvgIpc) is 2.27. The lowest BCUT2D eigenvalue weighted by Gasteiger charge is -2.38. The van der Waals surface area contributed by atoms with E-state index in [4.69, 9.17) is 0 Å². The van der Waals surface area contributed by atoms with Gasteiger partial charge in [0, 0.05) is 45.7 Å². The van der Waals surface area contributed by atoms with E-state index in [0.717, 1.165) is 19.6 Å². The van der Waals surface area contributed by atoms with E-state index in [1.807, 2.05) is 0 Å². The largest absolute Gasteiger partial charge is 0.341 e. The standard InChI is InChI=1S/C11H22N4O2/c1-9-8-14(3)6-7-15(9)5-4-10(16)13-11(17)12-2/h9H,4-8H2,1-3H3,(H2,12,13,16,17)/t9-/m0/s1. The van der Waals surface area contributed by atoms with Crippen LogP contribution in [0, 0.1) is 0 Å². The van der Waals surface area contributed by atoms with Crippen LogP contribution in [0.2, 0.25) is 0 Å². The molecule has 1 heterocycles. The van der Waals surface area contributed by atoms with E-state index in [-0.39, 0.29) is 5.91 Å². The van der Waals surface area contributed by atoms with E-state index < -0.39 is 6.03 Å². The van der Waals surface area contributed by atoms with Gasteiger partial charge in [-0.25, -0.2) is 4.79 Å². The van der Waals surface area contributed by atoms with Crippen molar-refractivity contribution in [2.45, 2.75) is 19.4 Å². The molecule has 6 heteroatoms. The van der Waals surface area contributed by atoms with Gasteiger partial charge in [-0.05, 0) is 14.0 Å². The number of urea groups is 1. The summed E-state index contributed by atoms with van der Waals surface area (Å²) in [5.74, 6) is -0.226. The second kappa shape index (κ2) is 6.56. The van der Waals surface area contributed by atoms with Crippen LogP contribution in [0.4, 0.5) is 4.79 Å². The quantitative estimate of drug-likeness (QED) is 0.698. The first-order chi connectivity index (χ1) is 8.02. The van der Waals surface area contributed by atoms with Crippen LogP contribution in [0.25, 0.3) is 0 Å². The Bertz CT molecular complexity index is 283. The predicted molar refractivity (Wildman–Crippen MR) is 65.7 cm³/mol.